The Balaban J connectivity index is 2.00. The lowest BCUT2D eigenvalue weighted by molar-refractivity contribution is -0.119. The quantitative estimate of drug-likeness (QED) is 0.863. The third-order valence-electron chi connectivity index (χ3n) is 3.27. The monoisotopic (exact) mass is 232 g/mol. The lowest BCUT2D eigenvalue weighted by Gasteiger charge is -2.22. The number of para-hydroxylation sites is 1. The molecule has 2 rings (SSSR count). The van der Waals surface area contributed by atoms with Crippen LogP contribution in [0.1, 0.15) is 26.2 Å². The second-order valence-electron chi connectivity index (χ2n) is 4.47. The maximum Gasteiger partial charge on any atom is 0.228 e. The predicted molar refractivity (Wildman–Crippen MR) is 70.1 cm³/mol. The standard InChI is InChI=1S/C14H20N2O/c1-2-16(13-8-4-3-5-9-13)14(17)11-12-7-6-10-15-12/h3-5,8-9,12,15H,2,6-7,10-11H2,1H3. The number of rotatable bonds is 4. The Kier molecular flexibility index (Phi) is 4.15. The summed E-state index contributed by atoms with van der Waals surface area (Å²) in [6.45, 7) is 3.80. The van der Waals surface area contributed by atoms with Crippen molar-refractivity contribution >= 4 is 11.6 Å². The average Bonchev–Trinajstić information content (AvgIpc) is 2.84. The Bertz CT molecular complexity index is 358. The summed E-state index contributed by atoms with van der Waals surface area (Å²) in [5, 5.41) is 3.37. The van der Waals surface area contributed by atoms with Crippen LogP contribution in [0.3, 0.4) is 0 Å². The molecule has 92 valence electrons. The van der Waals surface area contributed by atoms with Crippen molar-refractivity contribution in [3.05, 3.63) is 30.3 Å². The van der Waals surface area contributed by atoms with Crippen molar-refractivity contribution in [1.29, 1.82) is 0 Å². The van der Waals surface area contributed by atoms with Gasteiger partial charge in [0.1, 0.15) is 0 Å². The van der Waals surface area contributed by atoms with Crippen molar-refractivity contribution in [2.75, 3.05) is 18.0 Å². The molecule has 1 saturated heterocycles. The zero-order valence-electron chi connectivity index (χ0n) is 10.4. The van der Waals surface area contributed by atoms with Crippen molar-refractivity contribution in [1.82, 2.24) is 5.32 Å². The number of nitrogens with zero attached hydrogens (tertiary/aromatic N) is 1. The Morgan fingerprint density at radius 2 is 2.18 bits per heavy atom. The normalized spacial score (nSPS) is 19.2. The van der Waals surface area contributed by atoms with Gasteiger partial charge in [-0.25, -0.2) is 0 Å². The zero-order chi connectivity index (χ0) is 12.1. The summed E-state index contributed by atoms with van der Waals surface area (Å²) >= 11 is 0. The molecule has 1 aliphatic rings. The van der Waals surface area contributed by atoms with Crippen LogP contribution < -0.4 is 10.2 Å². The maximum absolute atomic E-state index is 12.2. The number of hydrogen-bond donors (Lipinski definition) is 1. The van der Waals surface area contributed by atoms with E-state index >= 15 is 0 Å². The van der Waals surface area contributed by atoms with Crippen LogP contribution in [0.2, 0.25) is 0 Å². The van der Waals surface area contributed by atoms with Gasteiger partial charge in [0.2, 0.25) is 5.91 Å². The molecule has 3 nitrogen and oxygen atoms in total. The highest BCUT2D eigenvalue weighted by molar-refractivity contribution is 5.93. The van der Waals surface area contributed by atoms with E-state index in [4.69, 9.17) is 0 Å². The fourth-order valence-corrected chi connectivity index (χ4v) is 2.36. The van der Waals surface area contributed by atoms with E-state index < -0.39 is 0 Å². The Morgan fingerprint density at radius 1 is 1.41 bits per heavy atom. The van der Waals surface area contributed by atoms with E-state index in [1.54, 1.807) is 0 Å². The Labute approximate surface area is 103 Å². The minimum Gasteiger partial charge on any atom is -0.313 e. The molecule has 0 bridgehead atoms. The summed E-state index contributed by atoms with van der Waals surface area (Å²) in [6, 6.07) is 10.3. The molecule has 0 radical (unpaired) electrons. The molecule has 1 aromatic rings. The smallest absolute Gasteiger partial charge is 0.228 e. The molecule has 1 fully saturated rings. The van der Waals surface area contributed by atoms with E-state index in [9.17, 15) is 4.79 Å². The van der Waals surface area contributed by atoms with Gasteiger partial charge >= 0.3 is 0 Å². The molecule has 17 heavy (non-hydrogen) atoms. The van der Waals surface area contributed by atoms with Gasteiger partial charge in [-0.1, -0.05) is 18.2 Å². The van der Waals surface area contributed by atoms with Gasteiger partial charge in [-0.2, -0.15) is 0 Å². The van der Waals surface area contributed by atoms with Gasteiger partial charge in [0.15, 0.2) is 0 Å². The summed E-state index contributed by atoms with van der Waals surface area (Å²) in [5.41, 5.74) is 0.998. The number of anilines is 1. The summed E-state index contributed by atoms with van der Waals surface area (Å²) in [5.74, 6) is 0.220. The van der Waals surface area contributed by atoms with Gasteiger partial charge in [-0.05, 0) is 38.4 Å². The number of benzene rings is 1. The lowest BCUT2D eigenvalue weighted by atomic mass is 10.1. The molecule has 1 amide bonds. The van der Waals surface area contributed by atoms with Crippen LogP contribution in [0, 0.1) is 0 Å². The molecule has 0 aliphatic carbocycles. The first-order valence-corrected chi connectivity index (χ1v) is 6.40. The highest BCUT2D eigenvalue weighted by atomic mass is 16.2. The topological polar surface area (TPSA) is 32.3 Å². The summed E-state index contributed by atoms with van der Waals surface area (Å²) in [7, 11) is 0. The van der Waals surface area contributed by atoms with Crippen LogP contribution in [0.25, 0.3) is 0 Å². The molecule has 0 spiro atoms. The third-order valence-corrected chi connectivity index (χ3v) is 3.27. The minimum absolute atomic E-state index is 0.220. The molecule has 0 aromatic heterocycles. The lowest BCUT2D eigenvalue weighted by Crippen LogP contribution is -2.35. The van der Waals surface area contributed by atoms with Crippen LogP contribution in [0.5, 0.6) is 0 Å². The summed E-state index contributed by atoms with van der Waals surface area (Å²) in [4.78, 5) is 14.1. The fraction of sp³-hybridized carbons (Fsp3) is 0.500. The molecular formula is C14H20N2O. The summed E-state index contributed by atoms with van der Waals surface area (Å²) < 4.78 is 0. The SMILES string of the molecule is CCN(C(=O)CC1CCCN1)c1ccccc1. The molecule has 1 atom stereocenters. The van der Waals surface area contributed by atoms with Gasteiger partial charge in [0.05, 0.1) is 0 Å². The van der Waals surface area contributed by atoms with Crippen molar-refractivity contribution in [3.8, 4) is 0 Å². The first kappa shape index (κ1) is 12.1. The highest BCUT2D eigenvalue weighted by Gasteiger charge is 2.21. The largest absolute Gasteiger partial charge is 0.313 e. The van der Waals surface area contributed by atoms with Crippen LogP contribution in [-0.2, 0) is 4.79 Å². The number of hydrogen-bond acceptors (Lipinski definition) is 2. The first-order valence-electron chi connectivity index (χ1n) is 6.40. The van der Waals surface area contributed by atoms with Crippen molar-refractivity contribution < 1.29 is 4.79 Å². The highest BCUT2D eigenvalue weighted by Crippen LogP contribution is 2.17. The van der Waals surface area contributed by atoms with Gasteiger partial charge in [0.25, 0.3) is 0 Å². The maximum atomic E-state index is 12.2. The van der Waals surface area contributed by atoms with Gasteiger partial charge in [-0.15, -0.1) is 0 Å². The van der Waals surface area contributed by atoms with Crippen LogP contribution in [0.4, 0.5) is 5.69 Å². The molecule has 1 aliphatic heterocycles. The van der Waals surface area contributed by atoms with Crippen molar-refractivity contribution in [2.45, 2.75) is 32.2 Å². The van der Waals surface area contributed by atoms with E-state index in [1.807, 2.05) is 42.2 Å². The van der Waals surface area contributed by atoms with E-state index in [0.717, 1.165) is 25.2 Å². The first-order chi connectivity index (χ1) is 8.31. The van der Waals surface area contributed by atoms with Crippen LogP contribution >= 0.6 is 0 Å². The fourth-order valence-electron chi connectivity index (χ4n) is 2.36. The molecule has 0 saturated carbocycles. The third kappa shape index (κ3) is 3.07. The molecule has 1 heterocycles. The molecule has 1 N–H and O–H groups in total. The second kappa shape index (κ2) is 5.82. The summed E-state index contributed by atoms with van der Waals surface area (Å²) in [6.07, 6.45) is 2.93. The van der Waals surface area contributed by atoms with E-state index in [-0.39, 0.29) is 5.91 Å². The number of amides is 1. The Morgan fingerprint density at radius 3 is 2.76 bits per heavy atom. The molecular weight excluding hydrogens is 212 g/mol. The number of carbonyl (C=O) groups excluding carboxylic acids is 1. The van der Waals surface area contributed by atoms with Gasteiger partial charge in [-0.3, -0.25) is 4.79 Å². The van der Waals surface area contributed by atoms with E-state index in [0.29, 0.717) is 12.5 Å². The second-order valence-corrected chi connectivity index (χ2v) is 4.47. The predicted octanol–water partition coefficient (Wildman–Crippen LogP) is 2.18. The van der Waals surface area contributed by atoms with E-state index in [1.165, 1.54) is 6.42 Å². The van der Waals surface area contributed by atoms with Crippen molar-refractivity contribution in [3.63, 3.8) is 0 Å². The van der Waals surface area contributed by atoms with E-state index in [2.05, 4.69) is 5.32 Å². The van der Waals surface area contributed by atoms with Crippen LogP contribution in [-0.4, -0.2) is 25.0 Å². The Hall–Kier alpha value is -1.35. The van der Waals surface area contributed by atoms with Crippen molar-refractivity contribution in [2.24, 2.45) is 0 Å². The minimum atomic E-state index is 0.220. The average molecular weight is 232 g/mol. The van der Waals surface area contributed by atoms with Gasteiger partial charge in [0, 0.05) is 24.7 Å². The number of carbonyl (C=O) groups is 1. The molecule has 1 unspecified atom stereocenters. The molecule has 3 heteroatoms. The zero-order valence-corrected chi connectivity index (χ0v) is 10.4. The molecule has 1 aromatic carbocycles. The van der Waals surface area contributed by atoms with Gasteiger partial charge < -0.3 is 10.2 Å². The van der Waals surface area contributed by atoms with Crippen LogP contribution in [0.15, 0.2) is 30.3 Å². The number of nitrogens with one attached hydrogen (secondary N) is 1.